The number of ether oxygens (including phenoxy) is 1. The first-order valence-corrected chi connectivity index (χ1v) is 13.3. The lowest BCUT2D eigenvalue weighted by Gasteiger charge is -2.46. The number of esters is 1. The maximum Gasteiger partial charge on any atom is 0.314 e. The second-order valence-corrected chi connectivity index (χ2v) is 10.9. The Morgan fingerprint density at radius 3 is 2.27 bits per heavy atom. The topological polar surface area (TPSA) is 26.3 Å². The molecule has 0 radical (unpaired) electrons. The largest absolute Gasteiger partial charge is 0.426 e. The van der Waals surface area contributed by atoms with Crippen molar-refractivity contribution in [3.8, 4) is 5.75 Å². The normalized spacial score (nSPS) is 32.2. The van der Waals surface area contributed by atoms with Crippen molar-refractivity contribution in [1.29, 1.82) is 0 Å². The Morgan fingerprint density at radius 1 is 0.879 bits per heavy atom. The number of unbranched alkanes of at least 4 members (excludes halogenated alkanes) is 2. The standard InChI is InChI=1S/C28H39F3O2/c1-2-3-4-6-18-9-11-19(12-10-18)20-13-14-23-21(15-20)7-5-8-24(23)28(32)33-22-16-25(29)27(31)26(30)17-22/h16-21,23-24H,2-15H2,1H3. The molecule has 0 bridgehead atoms. The third-order valence-electron chi connectivity index (χ3n) is 8.94. The summed E-state index contributed by atoms with van der Waals surface area (Å²) in [7, 11) is 0. The summed E-state index contributed by atoms with van der Waals surface area (Å²) in [5.41, 5.74) is 0. The van der Waals surface area contributed by atoms with Gasteiger partial charge in [-0.3, -0.25) is 4.79 Å². The molecule has 0 amide bonds. The molecule has 0 heterocycles. The van der Waals surface area contributed by atoms with Crippen molar-refractivity contribution in [3.63, 3.8) is 0 Å². The van der Waals surface area contributed by atoms with Gasteiger partial charge < -0.3 is 4.74 Å². The van der Waals surface area contributed by atoms with Crippen LogP contribution < -0.4 is 4.74 Å². The second kappa shape index (κ2) is 11.3. The van der Waals surface area contributed by atoms with E-state index in [-0.39, 0.29) is 11.7 Å². The smallest absolute Gasteiger partial charge is 0.314 e. The van der Waals surface area contributed by atoms with E-state index in [2.05, 4.69) is 6.92 Å². The Morgan fingerprint density at radius 2 is 1.58 bits per heavy atom. The third kappa shape index (κ3) is 5.95. The third-order valence-corrected chi connectivity index (χ3v) is 8.94. The predicted molar refractivity (Wildman–Crippen MR) is 123 cm³/mol. The van der Waals surface area contributed by atoms with E-state index in [4.69, 9.17) is 4.74 Å². The zero-order valence-corrected chi connectivity index (χ0v) is 20.0. The number of hydrogen-bond acceptors (Lipinski definition) is 2. The fraction of sp³-hybridized carbons (Fsp3) is 0.750. The summed E-state index contributed by atoms with van der Waals surface area (Å²) >= 11 is 0. The van der Waals surface area contributed by atoms with Gasteiger partial charge in [-0.2, -0.15) is 0 Å². The van der Waals surface area contributed by atoms with Gasteiger partial charge in [0.25, 0.3) is 0 Å². The molecule has 184 valence electrons. The monoisotopic (exact) mass is 464 g/mol. The SMILES string of the molecule is CCCCCC1CCC(C2CCC3C(CCCC3C(=O)Oc3cc(F)c(F)c(F)c3)C2)CC1. The van der Waals surface area contributed by atoms with Gasteiger partial charge in [-0.05, 0) is 68.1 Å². The second-order valence-electron chi connectivity index (χ2n) is 10.9. The Balaban J connectivity index is 1.30. The Kier molecular flexibility index (Phi) is 8.40. The number of halogens is 3. The zero-order chi connectivity index (χ0) is 23.4. The van der Waals surface area contributed by atoms with Crippen molar-refractivity contribution < 1.29 is 22.7 Å². The summed E-state index contributed by atoms with van der Waals surface area (Å²) in [6, 6.07) is 1.51. The van der Waals surface area contributed by atoms with E-state index in [9.17, 15) is 18.0 Å². The van der Waals surface area contributed by atoms with Crippen molar-refractivity contribution >= 4 is 5.97 Å². The molecule has 3 aliphatic carbocycles. The van der Waals surface area contributed by atoms with Crippen LogP contribution in [0.4, 0.5) is 13.2 Å². The molecule has 0 N–H and O–H groups in total. The van der Waals surface area contributed by atoms with Crippen LogP contribution in [0, 0.1) is 53.0 Å². The summed E-state index contributed by atoms with van der Waals surface area (Å²) in [5.74, 6) is -1.72. The highest BCUT2D eigenvalue weighted by atomic mass is 19.2. The average molecular weight is 465 g/mol. The Hall–Kier alpha value is -1.52. The molecule has 0 aromatic heterocycles. The number of rotatable bonds is 7. The fourth-order valence-electron chi connectivity index (χ4n) is 7.13. The van der Waals surface area contributed by atoms with Crippen molar-refractivity contribution in [2.45, 2.75) is 96.8 Å². The van der Waals surface area contributed by atoms with Crippen LogP contribution in [0.5, 0.6) is 5.75 Å². The molecule has 3 saturated carbocycles. The van der Waals surface area contributed by atoms with Crippen LogP contribution in [0.3, 0.4) is 0 Å². The molecule has 1 aromatic rings. The number of carbonyl (C=O) groups is 1. The van der Waals surface area contributed by atoms with Gasteiger partial charge in [0.15, 0.2) is 17.5 Å². The minimum Gasteiger partial charge on any atom is -0.426 e. The first-order chi connectivity index (χ1) is 16.0. The number of benzene rings is 1. The Labute approximate surface area is 196 Å². The molecule has 2 nitrogen and oxygen atoms in total. The van der Waals surface area contributed by atoms with E-state index in [1.54, 1.807) is 0 Å². The number of hydrogen-bond donors (Lipinski definition) is 0. The van der Waals surface area contributed by atoms with Crippen LogP contribution in [-0.4, -0.2) is 5.97 Å². The molecule has 0 saturated heterocycles. The van der Waals surface area contributed by atoms with E-state index in [1.165, 1.54) is 64.2 Å². The molecule has 4 atom stereocenters. The maximum absolute atomic E-state index is 13.5. The van der Waals surface area contributed by atoms with Gasteiger partial charge in [-0.25, -0.2) is 13.2 Å². The van der Waals surface area contributed by atoms with Gasteiger partial charge in [0.2, 0.25) is 0 Å². The van der Waals surface area contributed by atoms with Gasteiger partial charge in [-0.15, -0.1) is 0 Å². The van der Waals surface area contributed by atoms with Crippen LogP contribution in [-0.2, 0) is 4.79 Å². The zero-order valence-electron chi connectivity index (χ0n) is 20.0. The summed E-state index contributed by atoms with van der Waals surface area (Å²) in [5, 5.41) is 0. The van der Waals surface area contributed by atoms with Crippen LogP contribution in [0.15, 0.2) is 12.1 Å². The lowest BCUT2D eigenvalue weighted by Crippen LogP contribution is -2.40. The molecule has 4 rings (SSSR count). The molecule has 3 aliphatic rings. The minimum atomic E-state index is -1.54. The van der Waals surface area contributed by atoms with Crippen molar-refractivity contribution in [3.05, 3.63) is 29.6 Å². The van der Waals surface area contributed by atoms with Gasteiger partial charge in [0.05, 0.1) is 5.92 Å². The van der Waals surface area contributed by atoms with Crippen molar-refractivity contribution in [2.75, 3.05) is 0 Å². The maximum atomic E-state index is 13.5. The first kappa shape index (κ1) is 24.6. The van der Waals surface area contributed by atoms with Gasteiger partial charge in [0, 0.05) is 12.1 Å². The molecule has 0 spiro atoms. The van der Waals surface area contributed by atoms with E-state index in [1.807, 2.05) is 0 Å². The highest BCUT2D eigenvalue weighted by Gasteiger charge is 2.43. The summed E-state index contributed by atoms with van der Waals surface area (Å²) in [6.07, 6.45) is 17.3. The van der Waals surface area contributed by atoms with Crippen LogP contribution >= 0.6 is 0 Å². The van der Waals surface area contributed by atoms with Crippen molar-refractivity contribution in [1.82, 2.24) is 0 Å². The van der Waals surface area contributed by atoms with E-state index >= 15 is 0 Å². The molecular weight excluding hydrogens is 425 g/mol. The van der Waals surface area contributed by atoms with Gasteiger partial charge >= 0.3 is 5.97 Å². The molecule has 5 heteroatoms. The molecule has 4 unspecified atom stereocenters. The molecule has 1 aromatic carbocycles. The molecule has 33 heavy (non-hydrogen) atoms. The summed E-state index contributed by atoms with van der Waals surface area (Å²) < 4.78 is 45.6. The molecular formula is C28H39F3O2. The molecule has 0 aliphatic heterocycles. The summed E-state index contributed by atoms with van der Waals surface area (Å²) in [4.78, 5) is 12.9. The lowest BCUT2D eigenvalue weighted by molar-refractivity contribution is -0.144. The highest BCUT2D eigenvalue weighted by molar-refractivity contribution is 5.75. The molecule has 3 fully saturated rings. The quantitative estimate of drug-likeness (QED) is 0.176. The highest BCUT2D eigenvalue weighted by Crippen LogP contribution is 2.50. The van der Waals surface area contributed by atoms with Crippen LogP contribution in [0.2, 0.25) is 0 Å². The first-order valence-electron chi connectivity index (χ1n) is 13.3. The van der Waals surface area contributed by atoms with Crippen LogP contribution in [0.1, 0.15) is 96.8 Å². The average Bonchev–Trinajstić information content (AvgIpc) is 2.82. The number of fused-ring (bicyclic) bond motifs is 1. The van der Waals surface area contributed by atoms with E-state index < -0.39 is 23.4 Å². The van der Waals surface area contributed by atoms with Crippen LogP contribution in [0.25, 0.3) is 0 Å². The van der Waals surface area contributed by atoms with Gasteiger partial charge in [-0.1, -0.05) is 58.3 Å². The van der Waals surface area contributed by atoms with Crippen molar-refractivity contribution in [2.24, 2.45) is 35.5 Å². The fourth-order valence-corrected chi connectivity index (χ4v) is 7.13. The lowest BCUT2D eigenvalue weighted by atomic mass is 9.59. The predicted octanol–water partition coefficient (Wildman–Crippen LogP) is 8.23. The van der Waals surface area contributed by atoms with Gasteiger partial charge in [0.1, 0.15) is 5.75 Å². The summed E-state index contributed by atoms with van der Waals surface area (Å²) in [6.45, 7) is 2.27. The van der Waals surface area contributed by atoms with E-state index in [0.717, 1.165) is 55.6 Å². The minimum absolute atomic E-state index is 0.227. The van der Waals surface area contributed by atoms with E-state index in [0.29, 0.717) is 11.8 Å². The number of carbonyl (C=O) groups excluding carboxylic acids is 1. The Bertz CT molecular complexity index is 779.